The van der Waals surface area contributed by atoms with Crippen LogP contribution in [0.3, 0.4) is 0 Å². The third-order valence-electron chi connectivity index (χ3n) is 5.83. The Balaban J connectivity index is 1.62. The van der Waals surface area contributed by atoms with E-state index in [4.69, 9.17) is 27.6 Å². The molecule has 0 amide bonds. The summed E-state index contributed by atoms with van der Waals surface area (Å²) in [6.07, 6.45) is 1.29. The molecule has 2 aromatic carbocycles. The summed E-state index contributed by atoms with van der Waals surface area (Å²) < 4.78 is 6.25. The van der Waals surface area contributed by atoms with Crippen LogP contribution in [0.4, 0.5) is 11.4 Å². The minimum atomic E-state index is -0.394. The quantitative estimate of drug-likeness (QED) is 0.423. The van der Waals surface area contributed by atoms with Gasteiger partial charge in [-0.3, -0.25) is 4.79 Å². The molecular formula is C25H22Cl2N2O2. The van der Waals surface area contributed by atoms with Crippen molar-refractivity contribution in [3.05, 3.63) is 81.7 Å². The zero-order valence-electron chi connectivity index (χ0n) is 17.3. The molecule has 1 atom stereocenters. The summed E-state index contributed by atoms with van der Waals surface area (Å²) in [5.74, 6) is 1.43. The molecule has 0 unspecified atom stereocenters. The second kappa shape index (κ2) is 7.47. The Morgan fingerprint density at radius 1 is 1.00 bits per heavy atom. The van der Waals surface area contributed by atoms with E-state index in [0.717, 1.165) is 34.6 Å². The molecule has 0 radical (unpaired) electrons. The van der Waals surface area contributed by atoms with Crippen molar-refractivity contribution in [3.63, 3.8) is 0 Å². The largest absolute Gasteiger partial charge is 0.458 e. The van der Waals surface area contributed by atoms with Gasteiger partial charge in [0, 0.05) is 28.3 Å². The van der Waals surface area contributed by atoms with Gasteiger partial charge < -0.3 is 15.1 Å². The van der Waals surface area contributed by atoms with Gasteiger partial charge in [0.1, 0.15) is 17.6 Å². The van der Waals surface area contributed by atoms with Gasteiger partial charge >= 0.3 is 0 Å². The molecule has 2 aliphatic rings. The molecular weight excluding hydrogens is 431 g/mol. The molecule has 1 aliphatic carbocycles. The number of fused-ring (bicyclic) bond motifs is 1. The van der Waals surface area contributed by atoms with Crippen molar-refractivity contribution in [1.82, 2.24) is 0 Å². The maximum Gasteiger partial charge on any atom is 0.163 e. The van der Waals surface area contributed by atoms with E-state index in [1.54, 1.807) is 12.1 Å². The predicted molar refractivity (Wildman–Crippen MR) is 126 cm³/mol. The van der Waals surface area contributed by atoms with Crippen molar-refractivity contribution >= 4 is 40.4 Å². The molecule has 0 saturated heterocycles. The van der Waals surface area contributed by atoms with Crippen LogP contribution in [-0.4, -0.2) is 5.78 Å². The van der Waals surface area contributed by atoms with Crippen LogP contribution in [0.25, 0.3) is 11.3 Å². The second-order valence-electron chi connectivity index (χ2n) is 8.91. The van der Waals surface area contributed by atoms with Crippen molar-refractivity contribution < 1.29 is 9.21 Å². The average Bonchev–Trinajstić information content (AvgIpc) is 3.10. The standard InChI is InChI=1S/C25H22Cl2N2O2/c1-25(2)12-19-23(20(30)13-25)24(29-18-6-4-3-5-17(18)28-19)22-10-9-21(31-22)15-8-7-14(26)11-16(15)27/h3-11,24,28-29H,12-13H2,1-2H3/t24-/m0/s1. The lowest BCUT2D eigenvalue weighted by Gasteiger charge is -2.33. The van der Waals surface area contributed by atoms with Gasteiger partial charge in [0.05, 0.1) is 16.4 Å². The first-order valence-electron chi connectivity index (χ1n) is 10.2. The van der Waals surface area contributed by atoms with E-state index in [-0.39, 0.29) is 11.2 Å². The van der Waals surface area contributed by atoms with Gasteiger partial charge in [0.15, 0.2) is 5.78 Å². The number of carbonyl (C=O) groups excluding carboxylic acids is 1. The van der Waals surface area contributed by atoms with Gasteiger partial charge in [-0.1, -0.05) is 49.2 Å². The lowest BCUT2D eigenvalue weighted by Crippen LogP contribution is -2.31. The van der Waals surface area contributed by atoms with Gasteiger partial charge in [-0.15, -0.1) is 0 Å². The van der Waals surface area contributed by atoms with Crippen LogP contribution in [0.15, 0.2) is 70.3 Å². The highest BCUT2D eigenvalue weighted by atomic mass is 35.5. The van der Waals surface area contributed by atoms with E-state index in [1.165, 1.54) is 0 Å². The van der Waals surface area contributed by atoms with Crippen molar-refractivity contribution in [3.8, 4) is 11.3 Å². The number of para-hydroxylation sites is 2. The average molecular weight is 453 g/mol. The van der Waals surface area contributed by atoms with Crippen molar-refractivity contribution in [2.45, 2.75) is 32.7 Å². The summed E-state index contributed by atoms with van der Waals surface area (Å²) >= 11 is 12.4. The zero-order chi connectivity index (χ0) is 21.8. The smallest absolute Gasteiger partial charge is 0.163 e. The molecule has 1 aliphatic heterocycles. The van der Waals surface area contributed by atoms with Crippen LogP contribution < -0.4 is 10.6 Å². The summed E-state index contributed by atoms with van der Waals surface area (Å²) in [6, 6.07) is 16.7. The molecule has 3 aromatic rings. The Labute approximate surface area is 191 Å². The van der Waals surface area contributed by atoms with Crippen LogP contribution in [0, 0.1) is 5.41 Å². The third-order valence-corrected chi connectivity index (χ3v) is 6.38. The Kier molecular flexibility index (Phi) is 4.87. The van der Waals surface area contributed by atoms with Gasteiger partial charge in [-0.05, 0) is 54.3 Å². The van der Waals surface area contributed by atoms with Gasteiger partial charge in [0.2, 0.25) is 0 Å². The number of nitrogens with one attached hydrogen (secondary N) is 2. The van der Waals surface area contributed by atoms with Gasteiger partial charge in [-0.25, -0.2) is 0 Å². The van der Waals surface area contributed by atoms with E-state index >= 15 is 0 Å². The Bertz CT molecular complexity index is 1230. The normalized spacial score (nSPS) is 19.7. The number of ketones is 1. The van der Waals surface area contributed by atoms with E-state index in [9.17, 15) is 4.79 Å². The number of halogens is 2. The van der Waals surface area contributed by atoms with Crippen molar-refractivity contribution in [2.75, 3.05) is 10.6 Å². The molecule has 5 rings (SSSR count). The maximum atomic E-state index is 13.3. The van der Waals surface area contributed by atoms with E-state index in [1.807, 2.05) is 42.5 Å². The van der Waals surface area contributed by atoms with Crippen molar-refractivity contribution in [2.24, 2.45) is 5.41 Å². The van der Waals surface area contributed by atoms with Crippen LogP contribution in [0.2, 0.25) is 10.0 Å². The van der Waals surface area contributed by atoms with Gasteiger partial charge in [0.25, 0.3) is 0 Å². The van der Waals surface area contributed by atoms with E-state index in [0.29, 0.717) is 28.0 Å². The first-order valence-corrected chi connectivity index (χ1v) is 11.0. The fourth-order valence-electron chi connectivity index (χ4n) is 4.44. The van der Waals surface area contributed by atoms with E-state index < -0.39 is 6.04 Å². The number of Topliss-reactive ketones (excluding diaryl/α,β-unsaturated/α-hetero) is 1. The Morgan fingerprint density at radius 3 is 2.55 bits per heavy atom. The fourth-order valence-corrected chi connectivity index (χ4v) is 4.95. The maximum absolute atomic E-state index is 13.3. The highest BCUT2D eigenvalue weighted by Crippen LogP contribution is 2.46. The SMILES string of the molecule is CC1(C)CC(=O)C2=C(C1)Nc1ccccc1N[C@H]2c1ccc(-c2ccc(Cl)cc2Cl)o1. The van der Waals surface area contributed by atoms with Crippen molar-refractivity contribution in [1.29, 1.82) is 0 Å². The number of allylic oxidation sites excluding steroid dienone is 1. The number of carbonyl (C=O) groups is 1. The number of hydrogen-bond acceptors (Lipinski definition) is 4. The van der Waals surface area contributed by atoms with E-state index in [2.05, 4.69) is 24.5 Å². The van der Waals surface area contributed by atoms with Crippen LogP contribution in [-0.2, 0) is 4.79 Å². The first kappa shape index (κ1) is 20.2. The summed E-state index contributed by atoms with van der Waals surface area (Å²) in [5, 5.41) is 8.14. The predicted octanol–water partition coefficient (Wildman–Crippen LogP) is 7.48. The summed E-state index contributed by atoms with van der Waals surface area (Å²) in [5.41, 5.74) is 4.22. The summed E-state index contributed by atoms with van der Waals surface area (Å²) in [6.45, 7) is 4.26. The molecule has 0 spiro atoms. The fraction of sp³-hybridized carbons (Fsp3) is 0.240. The number of benzene rings is 2. The van der Waals surface area contributed by atoms with Gasteiger partial charge in [-0.2, -0.15) is 0 Å². The molecule has 6 heteroatoms. The minimum Gasteiger partial charge on any atom is -0.458 e. The molecule has 4 nitrogen and oxygen atoms in total. The molecule has 158 valence electrons. The number of hydrogen-bond donors (Lipinski definition) is 2. The monoisotopic (exact) mass is 452 g/mol. The second-order valence-corrected chi connectivity index (χ2v) is 9.75. The Morgan fingerprint density at radius 2 is 1.77 bits per heavy atom. The van der Waals surface area contributed by atoms with Crippen LogP contribution >= 0.6 is 23.2 Å². The first-order chi connectivity index (χ1) is 14.8. The topological polar surface area (TPSA) is 54.3 Å². The number of furan rings is 1. The highest BCUT2D eigenvalue weighted by molar-refractivity contribution is 6.36. The third kappa shape index (κ3) is 3.75. The number of anilines is 2. The lowest BCUT2D eigenvalue weighted by molar-refractivity contribution is -0.118. The Hall–Kier alpha value is -2.69. The van der Waals surface area contributed by atoms with Crippen LogP contribution in [0.1, 0.15) is 38.5 Å². The molecule has 2 N–H and O–H groups in total. The lowest BCUT2D eigenvalue weighted by atomic mass is 9.74. The number of rotatable bonds is 2. The zero-order valence-corrected chi connectivity index (χ0v) is 18.8. The van der Waals surface area contributed by atoms with Crippen LogP contribution in [0.5, 0.6) is 0 Å². The summed E-state index contributed by atoms with van der Waals surface area (Å²) in [7, 11) is 0. The molecule has 0 fully saturated rings. The molecule has 2 heterocycles. The molecule has 0 saturated carbocycles. The molecule has 0 bridgehead atoms. The minimum absolute atomic E-state index is 0.0993. The summed E-state index contributed by atoms with van der Waals surface area (Å²) in [4.78, 5) is 13.3. The molecule has 1 aromatic heterocycles. The molecule has 31 heavy (non-hydrogen) atoms. The highest BCUT2D eigenvalue weighted by Gasteiger charge is 2.39.